The maximum atomic E-state index is 10.6. The van der Waals surface area contributed by atoms with Crippen molar-refractivity contribution in [2.24, 2.45) is 0 Å². The van der Waals surface area contributed by atoms with E-state index in [0.717, 1.165) is 55.7 Å². The third-order valence-corrected chi connectivity index (χ3v) is 6.83. The Balaban J connectivity index is 0.000000517. The molecule has 0 bridgehead atoms. The summed E-state index contributed by atoms with van der Waals surface area (Å²) >= 11 is 0. The van der Waals surface area contributed by atoms with Gasteiger partial charge in [0, 0.05) is 61.7 Å². The van der Waals surface area contributed by atoms with Crippen LogP contribution in [0, 0.1) is 13.8 Å². The Labute approximate surface area is 241 Å². The van der Waals surface area contributed by atoms with Crippen LogP contribution in [-0.4, -0.2) is 74.4 Å². The number of aryl methyl sites for hydroxylation is 2. The fourth-order valence-corrected chi connectivity index (χ4v) is 4.48. The molecule has 222 valence electrons. The van der Waals surface area contributed by atoms with Crippen molar-refractivity contribution >= 4 is 34.8 Å². The smallest absolute Gasteiger partial charge is 0.475 e. The topological polar surface area (TPSA) is 111 Å². The molecule has 5 rings (SSSR count). The molecular weight excluding hydrogens is 549 g/mol. The first kappa shape index (κ1) is 30.3. The van der Waals surface area contributed by atoms with Crippen molar-refractivity contribution in [1.29, 1.82) is 0 Å². The predicted octanol–water partition coefficient (Wildman–Crippen LogP) is 5.54. The van der Waals surface area contributed by atoms with Gasteiger partial charge < -0.3 is 25.5 Å². The number of alkyl halides is 3. The van der Waals surface area contributed by atoms with Crippen LogP contribution in [0.5, 0.6) is 0 Å². The van der Waals surface area contributed by atoms with E-state index in [1.807, 2.05) is 16.8 Å². The molecule has 0 aliphatic carbocycles. The van der Waals surface area contributed by atoms with Gasteiger partial charge in [0.15, 0.2) is 0 Å². The zero-order valence-electron chi connectivity index (χ0n) is 23.6. The van der Waals surface area contributed by atoms with Gasteiger partial charge in [0.25, 0.3) is 0 Å². The number of hydrogen-bond acceptors (Lipinski definition) is 8. The number of para-hydroxylation sites is 1. The Kier molecular flexibility index (Phi) is 9.63. The number of rotatable bonds is 7. The van der Waals surface area contributed by atoms with E-state index in [4.69, 9.17) is 9.90 Å². The third-order valence-electron chi connectivity index (χ3n) is 6.83. The molecule has 10 nitrogen and oxygen atoms in total. The number of nitrogens with one attached hydrogen (secondary N) is 2. The summed E-state index contributed by atoms with van der Waals surface area (Å²) in [6.07, 6.45) is 0.154. The summed E-state index contributed by atoms with van der Waals surface area (Å²) in [5.41, 5.74) is 5.64. The summed E-state index contributed by atoms with van der Waals surface area (Å²) in [6.45, 7) is 11.9. The van der Waals surface area contributed by atoms with Gasteiger partial charge in [0.2, 0.25) is 5.95 Å². The number of imidazole rings is 1. The minimum absolute atomic E-state index is 0.708. The normalized spacial score (nSPS) is 13.7. The van der Waals surface area contributed by atoms with Crippen LogP contribution in [0.15, 0.2) is 67.3 Å². The lowest BCUT2D eigenvalue weighted by atomic mass is 10.1. The molecular formula is C29H33F3N8O2. The van der Waals surface area contributed by atoms with Crippen LogP contribution in [0.3, 0.4) is 0 Å². The first-order valence-electron chi connectivity index (χ1n) is 13.4. The second kappa shape index (κ2) is 13.3. The van der Waals surface area contributed by atoms with Crippen molar-refractivity contribution in [1.82, 2.24) is 24.4 Å². The van der Waals surface area contributed by atoms with Gasteiger partial charge in [-0.3, -0.25) is 4.57 Å². The number of halogens is 3. The number of benzene rings is 2. The third kappa shape index (κ3) is 7.75. The first-order chi connectivity index (χ1) is 20.0. The molecule has 0 unspecified atom stereocenters. The van der Waals surface area contributed by atoms with E-state index in [0.29, 0.717) is 5.95 Å². The molecule has 4 aromatic rings. The number of likely N-dealkylation sites (N-methyl/N-ethyl adjacent to an activating group) is 1. The average molecular weight is 583 g/mol. The predicted molar refractivity (Wildman–Crippen MR) is 156 cm³/mol. The van der Waals surface area contributed by atoms with Crippen LogP contribution >= 0.6 is 0 Å². The Bertz CT molecular complexity index is 1460. The second-order valence-corrected chi connectivity index (χ2v) is 9.67. The molecule has 3 heterocycles. The standard InChI is InChI=1S/C27H32N8.C2HF3O2/c1-4-33-14-16-34(17-15-33)23-10-8-22(9-11-23)31-24-18-25(30-19-29-24)35-13-12-28-27(35)32-26-20(2)6-5-7-21(26)3;3-2(4,5)1(6)7/h5-13,18-19H,4,14-17H2,1-3H3,(H,28,32)(H,29,30,31);(H,6,7). The quantitative estimate of drug-likeness (QED) is 0.259. The number of carboxylic acid groups (broad SMARTS) is 1. The van der Waals surface area contributed by atoms with E-state index in [9.17, 15) is 13.2 Å². The highest BCUT2D eigenvalue weighted by atomic mass is 19.4. The lowest BCUT2D eigenvalue weighted by Gasteiger charge is -2.35. The highest BCUT2D eigenvalue weighted by Gasteiger charge is 2.38. The summed E-state index contributed by atoms with van der Waals surface area (Å²) in [4.78, 5) is 27.2. The maximum absolute atomic E-state index is 10.6. The Morgan fingerprint density at radius 1 is 0.952 bits per heavy atom. The highest BCUT2D eigenvalue weighted by Crippen LogP contribution is 2.26. The largest absolute Gasteiger partial charge is 0.490 e. The number of aromatic nitrogens is 4. The van der Waals surface area contributed by atoms with Gasteiger partial charge in [0.1, 0.15) is 18.0 Å². The maximum Gasteiger partial charge on any atom is 0.490 e. The number of piperazine rings is 1. The van der Waals surface area contributed by atoms with Gasteiger partial charge >= 0.3 is 12.1 Å². The van der Waals surface area contributed by atoms with Gasteiger partial charge in [-0.1, -0.05) is 25.1 Å². The molecule has 0 atom stereocenters. The molecule has 1 fully saturated rings. The van der Waals surface area contributed by atoms with Crippen LogP contribution in [0.4, 0.5) is 42.0 Å². The molecule has 1 aliphatic heterocycles. The van der Waals surface area contributed by atoms with Crippen molar-refractivity contribution < 1.29 is 23.1 Å². The summed E-state index contributed by atoms with van der Waals surface area (Å²) in [7, 11) is 0. The fourth-order valence-electron chi connectivity index (χ4n) is 4.48. The lowest BCUT2D eigenvalue weighted by Crippen LogP contribution is -2.46. The van der Waals surface area contributed by atoms with E-state index < -0.39 is 12.1 Å². The van der Waals surface area contributed by atoms with Crippen molar-refractivity contribution in [2.45, 2.75) is 26.9 Å². The molecule has 1 saturated heterocycles. The monoisotopic (exact) mass is 582 g/mol. The number of nitrogens with zero attached hydrogens (tertiary/aromatic N) is 6. The Hall–Kier alpha value is -4.65. The van der Waals surface area contributed by atoms with Crippen molar-refractivity contribution in [3.05, 3.63) is 78.4 Å². The molecule has 0 spiro atoms. The van der Waals surface area contributed by atoms with E-state index in [1.165, 1.54) is 16.8 Å². The minimum Gasteiger partial charge on any atom is -0.475 e. The summed E-state index contributed by atoms with van der Waals surface area (Å²) in [6, 6.07) is 16.7. The molecule has 3 N–H and O–H groups in total. The first-order valence-corrected chi connectivity index (χ1v) is 13.4. The van der Waals surface area contributed by atoms with Gasteiger partial charge in [-0.25, -0.2) is 19.7 Å². The van der Waals surface area contributed by atoms with Gasteiger partial charge in [-0.05, 0) is 55.8 Å². The van der Waals surface area contributed by atoms with Gasteiger partial charge in [-0.2, -0.15) is 13.2 Å². The SMILES string of the molecule is CCN1CCN(c2ccc(Nc3cc(-n4ccnc4Nc4c(C)cccc4C)ncn3)cc2)CC1.O=C(O)C(F)(F)F. The number of aliphatic carboxylic acids is 1. The van der Waals surface area contributed by atoms with Crippen LogP contribution in [0.2, 0.25) is 0 Å². The summed E-state index contributed by atoms with van der Waals surface area (Å²) < 4.78 is 33.7. The fraction of sp³-hybridized carbons (Fsp3) is 0.310. The average Bonchev–Trinajstić information content (AvgIpc) is 3.44. The van der Waals surface area contributed by atoms with Crippen molar-refractivity contribution in [3.63, 3.8) is 0 Å². The van der Waals surface area contributed by atoms with Crippen LogP contribution in [-0.2, 0) is 4.79 Å². The Morgan fingerprint density at radius 3 is 2.19 bits per heavy atom. The number of carbonyl (C=O) groups is 1. The molecule has 0 saturated carbocycles. The van der Waals surface area contributed by atoms with Crippen LogP contribution < -0.4 is 15.5 Å². The van der Waals surface area contributed by atoms with Crippen molar-refractivity contribution in [3.8, 4) is 5.82 Å². The molecule has 2 aromatic heterocycles. The number of hydrogen-bond donors (Lipinski definition) is 3. The summed E-state index contributed by atoms with van der Waals surface area (Å²) in [5.74, 6) is -0.586. The Morgan fingerprint density at radius 2 is 1.60 bits per heavy atom. The van der Waals surface area contributed by atoms with E-state index >= 15 is 0 Å². The van der Waals surface area contributed by atoms with E-state index in [2.05, 4.69) is 98.6 Å². The zero-order valence-corrected chi connectivity index (χ0v) is 23.6. The highest BCUT2D eigenvalue weighted by molar-refractivity contribution is 5.73. The lowest BCUT2D eigenvalue weighted by molar-refractivity contribution is -0.192. The molecule has 1 aliphatic rings. The van der Waals surface area contributed by atoms with Gasteiger partial charge in [0.05, 0.1) is 0 Å². The zero-order chi connectivity index (χ0) is 30.3. The van der Waals surface area contributed by atoms with Crippen LogP contribution in [0.1, 0.15) is 18.1 Å². The molecule has 2 aromatic carbocycles. The number of anilines is 5. The van der Waals surface area contributed by atoms with E-state index in [-0.39, 0.29) is 0 Å². The number of carboxylic acids is 1. The molecule has 0 amide bonds. The molecule has 0 radical (unpaired) electrons. The van der Waals surface area contributed by atoms with Gasteiger partial charge in [-0.15, -0.1) is 0 Å². The second-order valence-electron chi connectivity index (χ2n) is 9.67. The van der Waals surface area contributed by atoms with E-state index in [1.54, 1.807) is 12.5 Å². The summed E-state index contributed by atoms with van der Waals surface area (Å²) in [5, 5.41) is 14.0. The molecule has 42 heavy (non-hydrogen) atoms. The van der Waals surface area contributed by atoms with Crippen LogP contribution in [0.25, 0.3) is 5.82 Å². The minimum atomic E-state index is -5.08. The molecule has 13 heteroatoms. The van der Waals surface area contributed by atoms with Crippen molar-refractivity contribution in [2.75, 3.05) is 48.3 Å².